The summed E-state index contributed by atoms with van der Waals surface area (Å²) in [4.78, 5) is 4.03. The Hall–Kier alpha value is -3.33. The first-order valence-corrected chi connectivity index (χ1v) is 10.9. The lowest BCUT2D eigenvalue weighted by molar-refractivity contribution is 0.577. The van der Waals surface area contributed by atoms with Crippen molar-refractivity contribution in [2.24, 2.45) is 4.99 Å². The lowest BCUT2D eigenvalue weighted by Crippen LogP contribution is -2.41. The van der Waals surface area contributed by atoms with Gasteiger partial charge in [-0.2, -0.15) is 0 Å². The van der Waals surface area contributed by atoms with E-state index in [2.05, 4.69) is 15.0 Å². The highest BCUT2D eigenvalue weighted by molar-refractivity contribution is 7.90. The van der Waals surface area contributed by atoms with E-state index in [1.807, 2.05) is 0 Å². The van der Waals surface area contributed by atoms with Gasteiger partial charge in [0.05, 0.1) is 12.2 Å². The number of hydrogen-bond acceptors (Lipinski definition) is 3. The highest BCUT2D eigenvalue weighted by Gasteiger charge is 2.32. The Bertz CT molecular complexity index is 1280. The van der Waals surface area contributed by atoms with Crippen LogP contribution >= 0.6 is 0 Å². The van der Waals surface area contributed by atoms with Crippen LogP contribution in [0.3, 0.4) is 0 Å². The Morgan fingerprint density at radius 1 is 0.935 bits per heavy atom. The summed E-state index contributed by atoms with van der Waals surface area (Å²) in [5, 5.41) is 2.84. The lowest BCUT2D eigenvalue weighted by Gasteiger charge is -2.26. The van der Waals surface area contributed by atoms with E-state index in [9.17, 15) is 21.6 Å². The van der Waals surface area contributed by atoms with E-state index in [1.165, 1.54) is 42.5 Å². The molecular weight excluding hydrogens is 427 g/mol. The Morgan fingerprint density at radius 2 is 1.65 bits per heavy atom. The van der Waals surface area contributed by atoms with Crippen LogP contribution in [-0.4, -0.2) is 14.4 Å². The quantitative estimate of drug-likeness (QED) is 0.621. The van der Waals surface area contributed by atoms with E-state index in [4.69, 9.17) is 0 Å². The predicted molar refractivity (Wildman–Crippen MR) is 112 cm³/mol. The van der Waals surface area contributed by atoms with E-state index < -0.39 is 33.4 Å². The average molecular weight is 445 g/mol. The number of aliphatic imine (C=N–C) groups is 1. The maximum Gasteiger partial charge on any atom is 0.266 e. The number of rotatable bonds is 4. The van der Waals surface area contributed by atoms with Gasteiger partial charge in [-0.05, 0) is 41.5 Å². The van der Waals surface area contributed by atoms with Crippen molar-refractivity contribution in [3.05, 3.63) is 94.8 Å². The van der Waals surface area contributed by atoms with Crippen molar-refractivity contribution in [3.63, 3.8) is 0 Å². The third kappa shape index (κ3) is 4.13. The molecule has 1 heterocycles. The van der Waals surface area contributed by atoms with Crippen LogP contribution in [0, 0.1) is 17.5 Å². The number of benzene rings is 3. The van der Waals surface area contributed by atoms with Gasteiger partial charge in [0.25, 0.3) is 10.0 Å². The van der Waals surface area contributed by atoms with Gasteiger partial charge in [0.15, 0.2) is 0 Å². The van der Waals surface area contributed by atoms with E-state index in [1.54, 1.807) is 13.0 Å². The average Bonchev–Trinajstić information content (AvgIpc) is 2.72. The number of nitrogens with one attached hydrogen (secondary N) is 2. The topological polar surface area (TPSA) is 70.6 Å². The highest BCUT2D eigenvalue weighted by atomic mass is 32.2. The molecule has 5 nitrogen and oxygen atoms in total. The van der Waals surface area contributed by atoms with Crippen molar-refractivity contribution in [1.82, 2.24) is 4.72 Å². The van der Waals surface area contributed by atoms with Gasteiger partial charge in [-0.25, -0.2) is 31.3 Å². The molecule has 31 heavy (non-hydrogen) atoms. The molecule has 1 aliphatic rings. The molecule has 0 radical (unpaired) electrons. The molecular formula is C22H18F3N3O2S. The summed E-state index contributed by atoms with van der Waals surface area (Å²) in [6.45, 7) is 1.66. The van der Waals surface area contributed by atoms with Gasteiger partial charge >= 0.3 is 0 Å². The molecule has 9 heteroatoms. The maximum atomic E-state index is 14.9. The van der Waals surface area contributed by atoms with Gasteiger partial charge in [0.1, 0.15) is 22.3 Å². The molecule has 0 bridgehead atoms. The van der Waals surface area contributed by atoms with Gasteiger partial charge in [-0.3, -0.25) is 0 Å². The molecule has 0 spiro atoms. The minimum Gasteiger partial charge on any atom is -0.324 e. The first-order chi connectivity index (χ1) is 14.8. The number of hydrogen-bond donors (Lipinski definition) is 2. The lowest BCUT2D eigenvalue weighted by atomic mass is 9.91. The molecule has 0 saturated heterocycles. The minimum atomic E-state index is -4.03. The number of fused-ring (bicyclic) bond motifs is 1. The van der Waals surface area contributed by atoms with Crippen molar-refractivity contribution in [1.29, 1.82) is 0 Å². The molecule has 4 rings (SSSR count). The number of halogens is 3. The van der Waals surface area contributed by atoms with Crippen molar-refractivity contribution in [2.45, 2.75) is 24.3 Å². The summed E-state index contributed by atoms with van der Waals surface area (Å²) in [6.07, 6.45) is 0. The van der Waals surface area contributed by atoms with Gasteiger partial charge in [-0.1, -0.05) is 37.3 Å². The molecule has 2 N–H and O–H groups in total. The second-order valence-corrected chi connectivity index (χ2v) is 8.75. The van der Waals surface area contributed by atoms with Crippen LogP contribution in [0.4, 0.5) is 18.9 Å². The maximum absolute atomic E-state index is 14.9. The van der Waals surface area contributed by atoms with Gasteiger partial charge < -0.3 is 5.32 Å². The van der Waals surface area contributed by atoms with Crippen LogP contribution < -0.4 is 10.0 Å². The Morgan fingerprint density at radius 3 is 2.35 bits per heavy atom. The van der Waals surface area contributed by atoms with Crippen molar-refractivity contribution >= 4 is 21.7 Å². The van der Waals surface area contributed by atoms with Crippen molar-refractivity contribution in [3.8, 4) is 0 Å². The summed E-state index contributed by atoms with van der Waals surface area (Å²) in [5.41, 5.74) is 0.909. The molecule has 0 aromatic heterocycles. The summed E-state index contributed by atoms with van der Waals surface area (Å²) in [5.74, 6) is -2.46. The van der Waals surface area contributed by atoms with Crippen LogP contribution in [0.2, 0.25) is 0 Å². The largest absolute Gasteiger partial charge is 0.324 e. The predicted octanol–water partition coefficient (Wildman–Crippen LogP) is 4.52. The number of anilines is 1. The molecule has 0 saturated carbocycles. The fourth-order valence-corrected chi connectivity index (χ4v) is 4.65. The summed E-state index contributed by atoms with van der Waals surface area (Å²) in [6, 6.07) is 13.7. The summed E-state index contributed by atoms with van der Waals surface area (Å²) in [7, 11) is -4.03. The standard InChI is InChI=1S/C22H18F3N3O2S/c1-13(16-4-2-3-5-17(16)24)20-18(25)10-11-19-21(20)27-22(28-31(19,29)30)26-12-14-6-8-15(23)9-7-14/h2-11,13H,12H2,1H3,(H2,26,27,28). The zero-order valence-corrected chi connectivity index (χ0v) is 17.2. The molecule has 0 aliphatic carbocycles. The van der Waals surface area contributed by atoms with Crippen molar-refractivity contribution < 1.29 is 21.6 Å². The van der Waals surface area contributed by atoms with Crippen LogP contribution in [0.25, 0.3) is 0 Å². The molecule has 1 aliphatic heterocycles. The summed E-state index contributed by atoms with van der Waals surface area (Å²) >= 11 is 0. The first-order valence-electron chi connectivity index (χ1n) is 9.42. The van der Waals surface area contributed by atoms with Gasteiger partial charge in [-0.15, -0.1) is 0 Å². The highest BCUT2D eigenvalue weighted by Crippen LogP contribution is 2.38. The molecule has 3 aromatic carbocycles. The fourth-order valence-electron chi connectivity index (χ4n) is 3.49. The second-order valence-electron chi connectivity index (χ2n) is 7.10. The molecule has 1 unspecified atom stereocenters. The Labute approximate surface area is 177 Å². The molecule has 3 aromatic rings. The van der Waals surface area contributed by atoms with E-state index in [0.29, 0.717) is 5.56 Å². The zero-order valence-electron chi connectivity index (χ0n) is 16.4. The SMILES string of the molecule is CC(c1ccccc1F)c1c(F)ccc2c1NC(=NCc1ccc(F)cc1)NS2(=O)=O. The fraction of sp³-hybridized carbons (Fsp3) is 0.136. The van der Waals surface area contributed by atoms with E-state index in [-0.39, 0.29) is 34.2 Å². The van der Waals surface area contributed by atoms with Crippen LogP contribution in [-0.2, 0) is 16.6 Å². The van der Waals surface area contributed by atoms with Gasteiger partial charge in [0.2, 0.25) is 5.96 Å². The summed E-state index contributed by atoms with van der Waals surface area (Å²) < 4.78 is 70.1. The van der Waals surface area contributed by atoms with E-state index in [0.717, 1.165) is 12.1 Å². The smallest absolute Gasteiger partial charge is 0.266 e. The van der Waals surface area contributed by atoms with Crippen molar-refractivity contribution in [2.75, 3.05) is 5.32 Å². The Kier molecular flexibility index (Phi) is 5.45. The number of nitrogens with zero attached hydrogens (tertiary/aromatic N) is 1. The number of guanidine groups is 1. The van der Waals surface area contributed by atoms with Gasteiger partial charge in [0, 0.05) is 11.5 Å². The molecule has 160 valence electrons. The number of sulfonamides is 1. The third-order valence-corrected chi connectivity index (χ3v) is 6.44. The van der Waals surface area contributed by atoms with Crippen LogP contribution in [0.15, 0.2) is 70.6 Å². The van der Waals surface area contributed by atoms with Crippen LogP contribution in [0.1, 0.15) is 29.5 Å². The first kappa shape index (κ1) is 20.9. The minimum absolute atomic E-state index is 0.00681. The molecule has 0 fully saturated rings. The van der Waals surface area contributed by atoms with E-state index >= 15 is 0 Å². The third-order valence-electron chi connectivity index (χ3n) is 5.06. The van der Waals surface area contributed by atoms with Crippen LogP contribution in [0.5, 0.6) is 0 Å². The zero-order chi connectivity index (χ0) is 22.2. The Balaban J connectivity index is 1.76. The molecule has 1 atom stereocenters. The second kappa shape index (κ2) is 8.07. The normalized spacial score (nSPS) is 16.8. The molecule has 0 amide bonds. The monoisotopic (exact) mass is 445 g/mol.